The molecule has 0 fully saturated rings. The van der Waals surface area contributed by atoms with E-state index in [4.69, 9.17) is 10.5 Å². The third-order valence-corrected chi connectivity index (χ3v) is 6.21. The molecule has 2 rings (SSSR count). The van der Waals surface area contributed by atoms with E-state index in [2.05, 4.69) is 5.32 Å². The minimum absolute atomic E-state index is 0.117. The number of hydrogen-bond acceptors (Lipinski definition) is 7. The zero-order chi connectivity index (χ0) is 28.5. The van der Waals surface area contributed by atoms with Crippen LogP contribution in [-0.4, -0.2) is 62.6 Å². The number of carbonyl (C=O) groups excluding carboxylic acids is 3. The van der Waals surface area contributed by atoms with E-state index < -0.39 is 59.6 Å². The molecule has 0 radical (unpaired) electrons. The number of carbonyl (C=O) groups is 3. The van der Waals surface area contributed by atoms with Gasteiger partial charge in [-0.3, -0.25) is 9.59 Å². The van der Waals surface area contributed by atoms with Gasteiger partial charge in [-0.15, -0.1) is 0 Å². The van der Waals surface area contributed by atoms with E-state index >= 15 is 0 Å². The Hall–Kier alpha value is -3.27. The van der Waals surface area contributed by atoms with Crippen LogP contribution in [-0.2, 0) is 27.2 Å². The molecule has 0 aliphatic heterocycles. The monoisotopic (exact) mass is 528 g/mol. The first kappa shape index (κ1) is 31.0. The average Bonchev–Trinajstić information content (AvgIpc) is 2.83. The molecule has 9 nitrogen and oxygen atoms in total. The van der Waals surface area contributed by atoms with Crippen LogP contribution in [0.25, 0.3) is 0 Å². The van der Waals surface area contributed by atoms with Gasteiger partial charge >= 0.3 is 6.09 Å². The summed E-state index contributed by atoms with van der Waals surface area (Å²) >= 11 is 0. The fraction of sp³-hybridized carbons (Fsp3) is 0.483. The van der Waals surface area contributed by atoms with Crippen molar-refractivity contribution in [2.45, 2.75) is 82.8 Å². The fourth-order valence-corrected chi connectivity index (χ4v) is 4.19. The molecule has 0 aliphatic rings. The lowest BCUT2D eigenvalue weighted by Crippen LogP contribution is -2.52. The van der Waals surface area contributed by atoms with Gasteiger partial charge in [0.1, 0.15) is 17.3 Å². The third kappa shape index (κ3) is 9.89. The summed E-state index contributed by atoms with van der Waals surface area (Å²) in [6.45, 7) is 6.63. The van der Waals surface area contributed by atoms with Crippen molar-refractivity contribution in [3.05, 3.63) is 71.8 Å². The molecular weight excluding hydrogens is 488 g/mol. The Morgan fingerprint density at radius 3 is 1.97 bits per heavy atom. The zero-order valence-electron chi connectivity index (χ0n) is 22.5. The lowest BCUT2D eigenvalue weighted by Gasteiger charge is -2.34. The highest BCUT2D eigenvalue weighted by molar-refractivity contribution is 5.88. The zero-order valence-corrected chi connectivity index (χ0v) is 22.5. The van der Waals surface area contributed by atoms with Gasteiger partial charge in [0.25, 0.3) is 0 Å². The van der Waals surface area contributed by atoms with Gasteiger partial charge in [0.05, 0.1) is 12.1 Å². The maximum absolute atomic E-state index is 13.4. The minimum atomic E-state index is -2.06. The number of hydrogen-bond donors (Lipinski definition) is 5. The van der Waals surface area contributed by atoms with Crippen LogP contribution in [0.1, 0.15) is 51.7 Å². The van der Waals surface area contributed by atoms with Gasteiger partial charge in [0, 0.05) is 19.3 Å². The third-order valence-electron chi connectivity index (χ3n) is 6.21. The molecule has 5 atom stereocenters. The molecule has 9 heteroatoms. The van der Waals surface area contributed by atoms with Crippen molar-refractivity contribution in [1.82, 2.24) is 5.32 Å². The van der Waals surface area contributed by atoms with Gasteiger partial charge in [0.2, 0.25) is 5.91 Å². The highest BCUT2D eigenvalue weighted by Gasteiger charge is 2.41. The number of nitrogens with one attached hydrogen (secondary N) is 1. The topological polar surface area (TPSA) is 159 Å². The van der Waals surface area contributed by atoms with Gasteiger partial charge in [-0.25, -0.2) is 4.79 Å². The molecule has 38 heavy (non-hydrogen) atoms. The first-order valence-corrected chi connectivity index (χ1v) is 12.7. The number of benzene rings is 2. The van der Waals surface area contributed by atoms with E-state index in [0.717, 1.165) is 5.56 Å². The second-order valence-electron chi connectivity index (χ2n) is 10.9. The molecule has 208 valence electrons. The quantitative estimate of drug-likeness (QED) is 0.267. The van der Waals surface area contributed by atoms with Crippen LogP contribution in [0.4, 0.5) is 4.79 Å². The van der Waals surface area contributed by atoms with Gasteiger partial charge in [0.15, 0.2) is 5.78 Å². The number of primary amides is 1. The van der Waals surface area contributed by atoms with Gasteiger partial charge in [-0.05, 0) is 44.2 Å². The van der Waals surface area contributed by atoms with E-state index in [0.29, 0.717) is 5.56 Å². The van der Waals surface area contributed by atoms with Crippen molar-refractivity contribution in [2.24, 2.45) is 11.7 Å². The van der Waals surface area contributed by atoms with Crippen LogP contribution in [0.15, 0.2) is 60.7 Å². The summed E-state index contributed by atoms with van der Waals surface area (Å²) in [5, 5.41) is 35.7. The summed E-state index contributed by atoms with van der Waals surface area (Å²) in [6.07, 6.45) is -4.31. The number of alkyl carbamates (subject to hydrolysis) is 1. The second-order valence-corrected chi connectivity index (χ2v) is 10.9. The molecule has 2 aromatic rings. The van der Waals surface area contributed by atoms with E-state index in [1.54, 1.807) is 51.1 Å². The number of ketones is 1. The maximum Gasteiger partial charge on any atom is 0.407 e. The van der Waals surface area contributed by atoms with Crippen molar-refractivity contribution in [3.8, 4) is 0 Å². The Balaban J connectivity index is 2.34. The summed E-state index contributed by atoms with van der Waals surface area (Å²) in [5.74, 6) is -2.48. The number of nitrogens with two attached hydrogens (primary N) is 1. The van der Waals surface area contributed by atoms with Crippen LogP contribution in [0.5, 0.6) is 0 Å². The smallest absolute Gasteiger partial charge is 0.407 e. The van der Waals surface area contributed by atoms with Crippen molar-refractivity contribution < 1.29 is 34.4 Å². The van der Waals surface area contributed by atoms with Crippen LogP contribution in [0.2, 0.25) is 0 Å². The Labute approximate surface area is 224 Å². The molecule has 2 amide bonds. The Bertz CT molecular complexity index is 1060. The minimum Gasteiger partial charge on any atom is -0.444 e. The van der Waals surface area contributed by atoms with Crippen molar-refractivity contribution in [3.63, 3.8) is 0 Å². The number of aliphatic hydroxyl groups is 3. The highest BCUT2D eigenvalue weighted by Crippen LogP contribution is 2.27. The Morgan fingerprint density at radius 2 is 1.47 bits per heavy atom. The number of rotatable bonds is 13. The predicted molar refractivity (Wildman–Crippen MR) is 143 cm³/mol. The van der Waals surface area contributed by atoms with Crippen LogP contribution >= 0.6 is 0 Å². The summed E-state index contributed by atoms with van der Waals surface area (Å²) in [6, 6.07) is 17.1. The first-order valence-electron chi connectivity index (χ1n) is 12.7. The van der Waals surface area contributed by atoms with E-state index in [9.17, 15) is 29.7 Å². The molecule has 0 bridgehead atoms. The van der Waals surface area contributed by atoms with Crippen molar-refractivity contribution in [1.29, 1.82) is 0 Å². The molecule has 1 unspecified atom stereocenters. The van der Waals surface area contributed by atoms with E-state index in [-0.39, 0.29) is 19.3 Å². The summed E-state index contributed by atoms with van der Waals surface area (Å²) in [4.78, 5) is 37.4. The lowest BCUT2D eigenvalue weighted by molar-refractivity contribution is -0.144. The fourth-order valence-electron chi connectivity index (χ4n) is 4.19. The normalized spacial score (nSPS) is 16.4. The Morgan fingerprint density at radius 1 is 0.947 bits per heavy atom. The lowest BCUT2D eigenvalue weighted by atomic mass is 9.79. The first-order chi connectivity index (χ1) is 17.7. The Kier molecular flexibility index (Phi) is 11.0. The molecule has 0 aromatic heterocycles. The van der Waals surface area contributed by atoms with Gasteiger partial charge in [-0.2, -0.15) is 0 Å². The largest absolute Gasteiger partial charge is 0.444 e. The molecule has 0 heterocycles. The molecule has 0 saturated heterocycles. The molecule has 2 aromatic carbocycles. The van der Waals surface area contributed by atoms with Crippen LogP contribution in [0.3, 0.4) is 0 Å². The molecular formula is C29H40N2O7. The molecule has 0 saturated carbocycles. The molecule has 0 spiro atoms. The van der Waals surface area contributed by atoms with Crippen molar-refractivity contribution in [2.75, 3.05) is 0 Å². The summed E-state index contributed by atoms with van der Waals surface area (Å²) < 4.78 is 5.37. The number of ether oxygens (including phenoxy) is 1. The predicted octanol–water partition coefficient (Wildman–Crippen LogP) is 2.29. The molecule has 6 N–H and O–H groups in total. The van der Waals surface area contributed by atoms with E-state index in [1.807, 2.05) is 30.3 Å². The van der Waals surface area contributed by atoms with Crippen LogP contribution in [0, 0.1) is 5.92 Å². The standard InChI is InChI=1S/C29H40N2O7/c1-19(25(34)26(30)35)15-24(33)29(37,17-21-13-9-6-10-14-21)18-23(32)22(16-20-11-7-5-8-12-20)31-27(36)38-28(2,3)4/h5-14,19,22-23,25,32,34,37H,15-18H2,1-4H3,(H2,30,35)(H,31,36)/t19?,22-,23-,25+,29-/m1/s1. The van der Waals surface area contributed by atoms with Gasteiger partial charge in [-0.1, -0.05) is 67.6 Å². The number of amides is 2. The van der Waals surface area contributed by atoms with Gasteiger partial charge < -0.3 is 31.1 Å². The summed E-state index contributed by atoms with van der Waals surface area (Å²) in [7, 11) is 0. The number of aliphatic hydroxyl groups excluding tert-OH is 2. The number of Topliss-reactive ketones (excluding diaryl/α,β-unsaturated/α-hetero) is 1. The van der Waals surface area contributed by atoms with Crippen LogP contribution < -0.4 is 11.1 Å². The highest BCUT2D eigenvalue weighted by atomic mass is 16.6. The average molecular weight is 529 g/mol. The summed E-state index contributed by atoms with van der Waals surface area (Å²) in [5.41, 5.74) is 3.82. The maximum atomic E-state index is 13.4. The molecule has 0 aliphatic carbocycles. The SMILES string of the molecule is CC(CC(=O)[C@@](O)(Cc1ccccc1)C[C@@H](O)[C@@H](Cc1ccccc1)NC(=O)OC(C)(C)C)[C@H](O)C(N)=O. The van der Waals surface area contributed by atoms with Crippen molar-refractivity contribution >= 4 is 17.8 Å². The van der Waals surface area contributed by atoms with E-state index in [1.165, 1.54) is 6.92 Å². The second kappa shape index (κ2) is 13.5.